The van der Waals surface area contributed by atoms with Gasteiger partial charge >= 0.3 is 0 Å². The second kappa shape index (κ2) is 15.7. The summed E-state index contributed by atoms with van der Waals surface area (Å²) in [6.07, 6.45) is -0.777. The van der Waals surface area contributed by atoms with Gasteiger partial charge in [-0.25, -0.2) is 0 Å². The monoisotopic (exact) mass is 557 g/mol. The maximum atomic E-state index is 10.7. The van der Waals surface area contributed by atoms with Gasteiger partial charge in [-0.1, -0.05) is 37.3 Å². The fourth-order valence-corrected chi connectivity index (χ4v) is 3.00. The first-order valence-electron chi connectivity index (χ1n) is 10.6. The van der Waals surface area contributed by atoms with E-state index in [0.717, 1.165) is 12.1 Å². The van der Waals surface area contributed by atoms with Gasteiger partial charge in [-0.2, -0.15) is 0 Å². The van der Waals surface area contributed by atoms with E-state index in [2.05, 4.69) is 34.7 Å². The molecular weight excluding hydrogens is 521 g/mol. The van der Waals surface area contributed by atoms with Crippen LogP contribution in [0.1, 0.15) is 31.1 Å². The molecule has 2 aromatic carbocycles. The average Bonchev–Trinajstić information content (AvgIpc) is 2.80. The largest absolute Gasteiger partial charge is 0.497 e. The molecule has 0 heterocycles. The molecule has 7 nitrogen and oxygen atoms in total. The number of hydrogen-bond donors (Lipinski definition) is 3. The van der Waals surface area contributed by atoms with Gasteiger partial charge in [-0.05, 0) is 36.6 Å². The van der Waals surface area contributed by atoms with E-state index in [4.69, 9.17) is 14.2 Å². The van der Waals surface area contributed by atoms with Crippen molar-refractivity contribution in [3.05, 3.63) is 59.7 Å². The number of aliphatic hydroxyl groups excluding tert-OH is 1. The van der Waals surface area contributed by atoms with E-state index < -0.39 is 6.10 Å². The molecule has 0 amide bonds. The van der Waals surface area contributed by atoms with Crippen molar-refractivity contribution in [2.45, 2.75) is 26.6 Å². The number of nitrogens with one attached hydrogen (secondary N) is 2. The Balaban J connectivity index is 0.00000512. The summed E-state index contributed by atoms with van der Waals surface area (Å²) in [6.45, 7) is 6.96. The molecule has 0 aliphatic rings. The van der Waals surface area contributed by atoms with Crippen LogP contribution in [0, 0.1) is 5.92 Å². The van der Waals surface area contributed by atoms with Crippen LogP contribution in [0.2, 0.25) is 0 Å². The third-order valence-electron chi connectivity index (χ3n) is 4.68. The standard InChI is InChI=1S/C24H35N3O4.HI/c1-5-25-24(26-14-18(2)16-31-17-19-9-7-6-8-10-19)27-15-22(28)21-13-20(29-3)11-12-23(21)30-4;/h6-13,18,22,28H,5,14-17H2,1-4H3,(H2,25,26,27);1H. The molecule has 2 aromatic rings. The number of aliphatic hydroxyl groups is 1. The Hall–Kier alpha value is -2.04. The SMILES string of the molecule is CCNC(=NCC(C)COCc1ccccc1)NCC(O)c1cc(OC)ccc1OC.I. The summed E-state index contributed by atoms with van der Waals surface area (Å²) >= 11 is 0. The van der Waals surface area contributed by atoms with Crippen LogP contribution >= 0.6 is 24.0 Å². The molecular formula is C24H36IN3O4. The van der Waals surface area contributed by atoms with Crippen molar-refractivity contribution < 1.29 is 19.3 Å². The summed E-state index contributed by atoms with van der Waals surface area (Å²) in [6, 6.07) is 15.5. The first-order valence-corrected chi connectivity index (χ1v) is 10.6. The van der Waals surface area contributed by atoms with Gasteiger partial charge < -0.3 is 30.0 Å². The normalized spacial score (nSPS) is 13.0. The van der Waals surface area contributed by atoms with Gasteiger partial charge in [-0.15, -0.1) is 24.0 Å². The van der Waals surface area contributed by atoms with Crippen LogP contribution in [0.15, 0.2) is 53.5 Å². The van der Waals surface area contributed by atoms with Crippen molar-refractivity contribution in [2.75, 3.05) is 40.5 Å². The molecule has 0 aliphatic heterocycles. The van der Waals surface area contributed by atoms with Crippen molar-refractivity contribution in [3.63, 3.8) is 0 Å². The maximum absolute atomic E-state index is 10.7. The highest BCUT2D eigenvalue weighted by atomic mass is 127. The summed E-state index contributed by atoms with van der Waals surface area (Å²) in [7, 11) is 3.18. The van der Waals surface area contributed by atoms with Crippen molar-refractivity contribution in [2.24, 2.45) is 10.9 Å². The Morgan fingerprint density at radius 2 is 1.81 bits per heavy atom. The number of nitrogens with zero attached hydrogens (tertiary/aromatic N) is 1. The van der Waals surface area contributed by atoms with Crippen LogP contribution in [0.4, 0.5) is 0 Å². The predicted molar refractivity (Wildman–Crippen MR) is 139 cm³/mol. The summed E-state index contributed by atoms with van der Waals surface area (Å²) in [5.41, 5.74) is 1.82. The van der Waals surface area contributed by atoms with Gasteiger partial charge in [0.2, 0.25) is 0 Å². The Bertz CT molecular complexity index is 805. The lowest BCUT2D eigenvalue weighted by Crippen LogP contribution is -2.39. The quantitative estimate of drug-likeness (QED) is 0.210. The summed E-state index contributed by atoms with van der Waals surface area (Å²) < 4.78 is 16.4. The Morgan fingerprint density at radius 1 is 1.06 bits per heavy atom. The molecule has 3 N–H and O–H groups in total. The zero-order valence-corrected chi connectivity index (χ0v) is 21.7. The molecule has 32 heavy (non-hydrogen) atoms. The Labute approximate surface area is 208 Å². The van der Waals surface area contributed by atoms with E-state index in [1.165, 1.54) is 0 Å². The Morgan fingerprint density at radius 3 is 2.47 bits per heavy atom. The number of halogens is 1. The number of ether oxygens (including phenoxy) is 3. The topological polar surface area (TPSA) is 84.3 Å². The molecule has 0 radical (unpaired) electrons. The molecule has 0 fully saturated rings. The van der Waals surface area contributed by atoms with Crippen LogP contribution in [-0.2, 0) is 11.3 Å². The molecule has 2 rings (SSSR count). The van der Waals surface area contributed by atoms with E-state index in [1.807, 2.05) is 25.1 Å². The molecule has 178 valence electrons. The minimum absolute atomic E-state index is 0. The van der Waals surface area contributed by atoms with E-state index in [9.17, 15) is 5.11 Å². The van der Waals surface area contributed by atoms with Crippen LogP contribution in [0.5, 0.6) is 11.5 Å². The number of methoxy groups -OCH3 is 2. The van der Waals surface area contributed by atoms with E-state index in [1.54, 1.807) is 32.4 Å². The first kappa shape index (κ1) is 28.0. The lowest BCUT2D eigenvalue weighted by Gasteiger charge is -2.19. The van der Waals surface area contributed by atoms with E-state index >= 15 is 0 Å². The number of benzene rings is 2. The molecule has 2 unspecified atom stereocenters. The first-order chi connectivity index (χ1) is 15.1. The minimum Gasteiger partial charge on any atom is -0.497 e. The highest BCUT2D eigenvalue weighted by molar-refractivity contribution is 14.0. The maximum Gasteiger partial charge on any atom is 0.191 e. The van der Waals surface area contributed by atoms with E-state index in [-0.39, 0.29) is 36.4 Å². The Kier molecular flexibility index (Phi) is 13.7. The van der Waals surface area contributed by atoms with Gasteiger partial charge in [-0.3, -0.25) is 4.99 Å². The van der Waals surface area contributed by atoms with Crippen LogP contribution in [-0.4, -0.2) is 51.5 Å². The summed E-state index contributed by atoms with van der Waals surface area (Å²) in [5.74, 6) is 2.20. The summed E-state index contributed by atoms with van der Waals surface area (Å²) in [5, 5.41) is 17.1. The van der Waals surface area contributed by atoms with Crippen LogP contribution < -0.4 is 20.1 Å². The molecule has 0 spiro atoms. The molecule has 8 heteroatoms. The smallest absolute Gasteiger partial charge is 0.191 e. The predicted octanol–water partition coefficient (Wildman–Crippen LogP) is 3.76. The molecule has 2 atom stereocenters. The molecule has 0 bridgehead atoms. The highest BCUT2D eigenvalue weighted by Crippen LogP contribution is 2.29. The van der Waals surface area contributed by atoms with Crippen molar-refractivity contribution in [1.82, 2.24) is 10.6 Å². The molecule has 0 aliphatic carbocycles. The van der Waals surface area contributed by atoms with Crippen LogP contribution in [0.25, 0.3) is 0 Å². The van der Waals surface area contributed by atoms with Crippen molar-refractivity contribution >= 4 is 29.9 Å². The third kappa shape index (κ3) is 9.62. The van der Waals surface area contributed by atoms with Crippen molar-refractivity contribution in [1.29, 1.82) is 0 Å². The van der Waals surface area contributed by atoms with Gasteiger partial charge in [0.15, 0.2) is 5.96 Å². The fourth-order valence-electron chi connectivity index (χ4n) is 3.00. The fraction of sp³-hybridized carbons (Fsp3) is 0.458. The zero-order valence-electron chi connectivity index (χ0n) is 19.3. The van der Waals surface area contributed by atoms with Crippen LogP contribution in [0.3, 0.4) is 0 Å². The number of aliphatic imine (C=N–C) groups is 1. The van der Waals surface area contributed by atoms with Crippen molar-refractivity contribution in [3.8, 4) is 11.5 Å². The lowest BCUT2D eigenvalue weighted by molar-refractivity contribution is 0.0944. The van der Waals surface area contributed by atoms with Gasteiger partial charge in [0.05, 0.1) is 33.5 Å². The number of guanidine groups is 1. The molecule has 0 saturated carbocycles. The van der Waals surface area contributed by atoms with Gasteiger partial charge in [0.25, 0.3) is 0 Å². The third-order valence-corrected chi connectivity index (χ3v) is 4.68. The minimum atomic E-state index is -0.777. The number of rotatable bonds is 12. The van der Waals surface area contributed by atoms with E-state index in [0.29, 0.717) is 42.8 Å². The second-order valence-corrected chi connectivity index (χ2v) is 7.33. The highest BCUT2D eigenvalue weighted by Gasteiger charge is 2.15. The van der Waals surface area contributed by atoms with Gasteiger partial charge in [0.1, 0.15) is 11.5 Å². The lowest BCUT2D eigenvalue weighted by atomic mass is 10.1. The average molecular weight is 557 g/mol. The molecule has 0 saturated heterocycles. The number of hydrogen-bond acceptors (Lipinski definition) is 5. The zero-order chi connectivity index (χ0) is 22.5. The molecule has 0 aromatic heterocycles. The summed E-state index contributed by atoms with van der Waals surface area (Å²) in [4.78, 5) is 4.63. The second-order valence-electron chi connectivity index (χ2n) is 7.33. The van der Waals surface area contributed by atoms with Gasteiger partial charge in [0, 0.05) is 25.2 Å².